The van der Waals surface area contributed by atoms with Crippen molar-refractivity contribution in [2.75, 3.05) is 6.54 Å². The Morgan fingerprint density at radius 2 is 1.69 bits per heavy atom. The molecule has 0 spiro atoms. The molecule has 0 aliphatic carbocycles. The van der Waals surface area contributed by atoms with Crippen LogP contribution < -0.4 is 5.32 Å². The van der Waals surface area contributed by atoms with Gasteiger partial charge in [0, 0.05) is 23.7 Å². The van der Waals surface area contributed by atoms with E-state index in [1.165, 1.54) is 0 Å². The maximum absolute atomic E-state index is 14.0. The molecule has 2 heterocycles. The zero-order chi connectivity index (χ0) is 22.6. The molecule has 5 nitrogen and oxygen atoms in total. The van der Waals surface area contributed by atoms with Gasteiger partial charge in [0.05, 0.1) is 27.4 Å². The van der Waals surface area contributed by atoms with Crippen molar-refractivity contribution in [3.63, 3.8) is 0 Å². The number of benzene rings is 2. The molecule has 0 bridgehead atoms. The molecule has 3 aromatic rings. The molecule has 0 saturated carbocycles. The van der Waals surface area contributed by atoms with Crippen molar-refractivity contribution in [3.8, 4) is 0 Å². The first-order valence-electron chi connectivity index (χ1n) is 10.9. The molecule has 32 heavy (non-hydrogen) atoms. The number of pyridine rings is 1. The molecule has 1 aliphatic heterocycles. The molecule has 6 heteroatoms. The highest BCUT2D eigenvalue weighted by molar-refractivity contribution is 7.98. The number of nitrogens with one attached hydrogen (secondary N) is 1. The van der Waals surface area contributed by atoms with E-state index in [2.05, 4.69) is 28.3 Å². The van der Waals surface area contributed by atoms with Crippen molar-refractivity contribution in [2.45, 2.75) is 36.7 Å². The molecule has 1 saturated heterocycles. The van der Waals surface area contributed by atoms with Gasteiger partial charge >= 0.3 is 0 Å². The quantitative estimate of drug-likeness (QED) is 0.570. The lowest BCUT2D eigenvalue weighted by molar-refractivity contribution is -0.127. The number of piperidine rings is 1. The van der Waals surface area contributed by atoms with Gasteiger partial charge in [-0.1, -0.05) is 54.6 Å². The first-order chi connectivity index (χ1) is 15.5. The van der Waals surface area contributed by atoms with Crippen LogP contribution in [-0.2, 0) is 14.5 Å². The summed E-state index contributed by atoms with van der Waals surface area (Å²) in [5.74, 6) is 3.84. The molecule has 1 aromatic heterocycles. The molecule has 1 amide bonds. The highest BCUT2D eigenvalue weighted by Crippen LogP contribution is 2.37. The summed E-state index contributed by atoms with van der Waals surface area (Å²) in [5, 5.41) is 3.09. The molecule has 1 fully saturated rings. The summed E-state index contributed by atoms with van der Waals surface area (Å²) in [6.45, 7) is 2.32. The van der Waals surface area contributed by atoms with E-state index in [0.29, 0.717) is 11.4 Å². The number of aromatic nitrogens is 1. The number of carbonyl (C=O) groups is 1. The van der Waals surface area contributed by atoms with Gasteiger partial charge in [-0.2, -0.15) is 0 Å². The molecule has 1 N–H and O–H groups in total. The maximum Gasteiger partial charge on any atom is 0.224 e. The molecular formula is C26H29N3O2S. The lowest BCUT2D eigenvalue weighted by Crippen LogP contribution is -2.47. The second kappa shape index (κ2) is 9.67. The number of carbonyl (C=O) groups excluding carboxylic acids is 1. The van der Waals surface area contributed by atoms with Gasteiger partial charge in [0.2, 0.25) is 5.91 Å². The van der Waals surface area contributed by atoms with Crippen LogP contribution in [0, 0.1) is 5.92 Å². The monoisotopic (exact) mass is 447 g/mol. The third kappa shape index (κ3) is 4.76. The molecule has 2 aromatic carbocycles. The van der Waals surface area contributed by atoms with Crippen molar-refractivity contribution < 1.29 is 9.00 Å². The van der Waals surface area contributed by atoms with E-state index in [1.807, 2.05) is 78.0 Å². The van der Waals surface area contributed by atoms with E-state index in [1.54, 1.807) is 6.20 Å². The van der Waals surface area contributed by atoms with Gasteiger partial charge in [0.15, 0.2) is 0 Å². The van der Waals surface area contributed by atoms with Gasteiger partial charge in [-0.3, -0.25) is 9.78 Å². The minimum Gasteiger partial charge on any atom is -0.348 e. The Bertz CT molecular complexity index is 1140. The molecule has 0 radical (unpaired) electrons. The number of amides is 1. The third-order valence-electron chi connectivity index (χ3n) is 6.07. The fourth-order valence-corrected chi connectivity index (χ4v) is 6.20. The molecule has 4 unspecified atom stereocenters. The molecule has 4 atom stereocenters. The first-order valence-corrected chi connectivity index (χ1v) is 12.6. The normalized spacial score (nSPS) is 21.9. The lowest BCUT2D eigenvalue weighted by atomic mass is 9.90. The molecule has 4 rings (SSSR count). The fraction of sp³-hybridized carbons (Fsp3) is 0.269. The fourth-order valence-electron chi connectivity index (χ4n) is 4.29. The van der Waals surface area contributed by atoms with Crippen LogP contribution in [0.4, 0.5) is 0 Å². The minimum absolute atomic E-state index is 0.0390. The Morgan fingerprint density at radius 3 is 2.34 bits per heavy atom. The second-order valence-corrected chi connectivity index (χ2v) is 10.5. The first kappa shape index (κ1) is 22.2. The third-order valence-corrected chi connectivity index (χ3v) is 8.24. The van der Waals surface area contributed by atoms with Crippen LogP contribution >= 0.6 is 0 Å². The van der Waals surface area contributed by atoms with Crippen LogP contribution in [0.1, 0.15) is 43.1 Å². The Morgan fingerprint density at radius 1 is 1.03 bits per heavy atom. The average Bonchev–Trinajstić information content (AvgIpc) is 2.85. The number of nitrogens with zero attached hydrogens (tertiary/aromatic N) is 2. The average molecular weight is 448 g/mol. The Kier molecular flexibility index (Phi) is 6.72. The zero-order valence-electron chi connectivity index (χ0n) is 18.3. The standard InChI is InChI=1S/C26H29N3O2S/c1-20(24-15-9-10-18-27-24)28-26(30)22-16-17-25(21-11-5-3-6-12-21)29(19-22)32(2,31)23-13-7-4-8-14-23/h3-15,18,20,22,25H,2,16-17,19H2,1H3,(H,28,30). The van der Waals surface area contributed by atoms with E-state index in [0.717, 1.165) is 24.1 Å². The van der Waals surface area contributed by atoms with Crippen LogP contribution in [-0.4, -0.2) is 31.8 Å². The van der Waals surface area contributed by atoms with Crippen molar-refractivity contribution in [2.24, 2.45) is 5.92 Å². The van der Waals surface area contributed by atoms with Gasteiger partial charge in [-0.25, -0.2) is 8.51 Å². The van der Waals surface area contributed by atoms with Crippen LogP contribution in [0.15, 0.2) is 90.0 Å². The molecule has 166 valence electrons. The van der Waals surface area contributed by atoms with Crippen LogP contribution in [0.3, 0.4) is 0 Å². The second-order valence-electron chi connectivity index (χ2n) is 8.24. The van der Waals surface area contributed by atoms with E-state index >= 15 is 0 Å². The summed E-state index contributed by atoms with van der Waals surface area (Å²) >= 11 is 0. The molecule has 1 aliphatic rings. The van der Waals surface area contributed by atoms with Crippen molar-refractivity contribution in [1.29, 1.82) is 0 Å². The van der Waals surface area contributed by atoms with Crippen molar-refractivity contribution >= 4 is 21.5 Å². The Hall–Kier alpha value is -2.96. The Labute approximate surface area is 190 Å². The summed E-state index contributed by atoms with van der Waals surface area (Å²) in [6, 6.07) is 24.9. The maximum atomic E-state index is 14.0. The summed E-state index contributed by atoms with van der Waals surface area (Å²) in [6.07, 6.45) is 3.18. The van der Waals surface area contributed by atoms with Crippen LogP contribution in [0.5, 0.6) is 0 Å². The van der Waals surface area contributed by atoms with Crippen LogP contribution in [0.2, 0.25) is 0 Å². The van der Waals surface area contributed by atoms with E-state index in [4.69, 9.17) is 0 Å². The lowest BCUT2D eigenvalue weighted by Gasteiger charge is -2.41. The predicted molar refractivity (Wildman–Crippen MR) is 129 cm³/mol. The highest BCUT2D eigenvalue weighted by Gasteiger charge is 2.37. The molecular weight excluding hydrogens is 418 g/mol. The highest BCUT2D eigenvalue weighted by atomic mass is 32.2. The zero-order valence-corrected chi connectivity index (χ0v) is 19.1. The minimum atomic E-state index is -2.77. The van der Waals surface area contributed by atoms with Gasteiger partial charge in [-0.15, -0.1) is 0 Å². The van der Waals surface area contributed by atoms with Gasteiger partial charge < -0.3 is 5.32 Å². The van der Waals surface area contributed by atoms with Crippen molar-refractivity contribution in [1.82, 2.24) is 14.6 Å². The summed E-state index contributed by atoms with van der Waals surface area (Å²) < 4.78 is 16.0. The summed E-state index contributed by atoms with van der Waals surface area (Å²) in [5.41, 5.74) is 1.92. The van der Waals surface area contributed by atoms with Gasteiger partial charge in [-0.05, 0) is 55.5 Å². The topological polar surface area (TPSA) is 62.3 Å². The SMILES string of the molecule is C=S(=O)(c1ccccc1)N1CC(C(=O)NC(C)c2ccccn2)CCC1c1ccccc1. The summed E-state index contributed by atoms with van der Waals surface area (Å²) in [7, 11) is -2.77. The Balaban J connectivity index is 1.59. The smallest absolute Gasteiger partial charge is 0.224 e. The van der Waals surface area contributed by atoms with Crippen LogP contribution in [0.25, 0.3) is 0 Å². The number of hydrogen-bond acceptors (Lipinski definition) is 3. The summed E-state index contributed by atoms with van der Waals surface area (Å²) in [4.78, 5) is 18.2. The van der Waals surface area contributed by atoms with E-state index < -0.39 is 9.71 Å². The van der Waals surface area contributed by atoms with Crippen molar-refractivity contribution in [3.05, 3.63) is 96.3 Å². The van der Waals surface area contributed by atoms with E-state index in [-0.39, 0.29) is 23.9 Å². The predicted octanol–water partition coefficient (Wildman–Crippen LogP) is 4.40. The van der Waals surface area contributed by atoms with Gasteiger partial charge in [0.1, 0.15) is 0 Å². The number of hydrogen-bond donors (Lipinski definition) is 1. The number of rotatable bonds is 6. The van der Waals surface area contributed by atoms with Gasteiger partial charge in [0.25, 0.3) is 0 Å². The van der Waals surface area contributed by atoms with E-state index in [9.17, 15) is 9.00 Å². The largest absolute Gasteiger partial charge is 0.348 e.